The third-order valence-electron chi connectivity index (χ3n) is 3.47. The predicted octanol–water partition coefficient (Wildman–Crippen LogP) is 3.84. The molecule has 2 aromatic rings. The average molecular weight is 301 g/mol. The number of nitrogens with one attached hydrogen (secondary N) is 2. The molecule has 1 fully saturated rings. The molecule has 0 saturated heterocycles. The third kappa shape index (κ3) is 3.99. The number of hydrogen-bond donors (Lipinski definition) is 2. The average Bonchev–Trinajstić information content (AvgIpc) is 3.31. The molecule has 0 bridgehead atoms. The van der Waals surface area contributed by atoms with Gasteiger partial charge in [-0.15, -0.1) is 0 Å². The van der Waals surface area contributed by atoms with E-state index in [9.17, 15) is 4.79 Å². The van der Waals surface area contributed by atoms with Crippen LogP contribution in [-0.4, -0.2) is 11.9 Å². The van der Waals surface area contributed by atoms with Crippen LogP contribution in [0.4, 0.5) is 5.69 Å². The highest BCUT2D eigenvalue weighted by molar-refractivity contribution is 6.30. The normalized spacial score (nSPS) is 13.8. The van der Waals surface area contributed by atoms with E-state index in [4.69, 9.17) is 11.6 Å². The molecule has 2 aromatic carbocycles. The Hall–Kier alpha value is -2.00. The van der Waals surface area contributed by atoms with Crippen molar-refractivity contribution in [3.05, 3.63) is 64.7 Å². The second kappa shape index (κ2) is 6.19. The van der Waals surface area contributed by atoms with Gasteiger partial charge in [-0.1, -0.05) is 23.7 Å². The second-order valence-electron chi connectivity index (χ2n) is 5.31. The fourth-order valence-corrected chi connectivity index (χ4v) is 2.17. The van der Waals surface area contributed by atoms with Crippen molar-refractivity contribution in [3.8, 4) is 0 Å². The molecular formula is C17H17ClN2O. The minimum absolute atomic E-state index is 0.0155. The quantitative estimate of drug-likeness (QED) is 0.881. The predicted molar refractivity (Wildman–Crippen MR) is 85.7 cm³/mol. The van der Waals surface area contributed by atoms with Gasteiger partial charge in [0.15, 0.2) is 0 Å². The molecule has 0 atom stereocenters. The van der Waals surface area contributed by atoms with Crippen molar-refractivity contribution < 1.29 is 4.79 Å². The molecule has 0 unspecified atom stereocenters. The van der Waals surface area contributed by atoms with E-state index in [0.717, 1.165) is 35.7 Å². The van der Waals surface area contributed by atoms with Crippen molar-refractivity contribution in [1.29, 1.82) is 0 Å². The van der Waals surface area contributed by atoms with Crippen molar-refractivity contribution in [2.75, 3.05) is 5.32 Å². The lowest BCUT2D eigenvalue weighted by Gasteiger charge is -2.08. The van der Waals surface area contributed by atoms with E-state index < -0.39 is 0 Å². The van der Waals surface area contributed by atoms with E-state index in [2.05, 4.69) is 10.6 Å². The molecule has 0 aromatic heterocycles. The van der Waals surface area contributed by atoms with Crippen LogP contribution in [0.2, 0.25) is 5.02 Å². The smallest absolute Gasteiger partial charge is 0.251 e. The lowest BCUT2D eigenvalue weighted by molar-refractivity contribution is 0.0951. The van der Waals surface area contributed by atoms with Crippen LogP contribution < -0.4 is 10.6 Å². The molecule has 1 aliphatic carbocycles. The number of hydrogen-bond acceptors (Lipinski definition) is 2. The molecular weight excluding hydrogens is 284 g/mol. The van der Waals surface area contributed by atoms with Gasteiger partial charge in [-0.05, 0) is 54.8 Å². The van der Waals surface area contributed by atoms with Gasteiger partial charge in [0.25, 0.3) is 5.91 Å². The van der Waals surface area contributed by atoms with Crippen LogP contribution in [0.15, 0.2) is 48.5 Å². The number of benzene rings is 2. The minimum Gasteiger partial charge on any atom is -0.381 e. The summed E-state index contributed by atoms with van der Waals surface area (Å²) in [5, 5.41) is 7.05. The Bertz CT molecular complexity index is 618. The summed E-state index contributed by atoms with van der Waals surface area (Å²) >= 11 is 5.86. The summed E-state index contributed by atoms with van der Waals surface area (Å²) in [6.45, 7) is 0.727. The van der Waals surface area contributed by atoms with Crippen LogP contribution in [0.25, 0.3) is 0 Å². The SMILES string of the molecule is O=C(NC1CC1)c1ccc(NCc2ccc(Cl)cc2)cc1. The highest BCUT2D eigenvalue weighted by Gasteiger charge is 2.23. The number of carbonyl (C=O) groups is 1. The minimum atomic E-state index is 0.0155. The molecule has 0 spiro atoms. The lowest BCUT2D eigenvalue weighted by atomic mass is 10.2. The van der Waals surface area contributed by atoms with Crippen molar-refractivity contribution in [3.63, 3.8) is 0 Å². The van der Waals surface area contributed by atoms with E-state index in [1.54, 1.807) is 0 Å². The molecule has 4 heteroatoms. The van der Waals surface area contributed by atoms with Crippen LogP contribution in [0.3, 0.4) is 0 Å². The first-order valence-electron chi connectivity index (χ1n) is 7.10. The molecule has 0 heterocycles. The summed E-state index contributed by atoms with van der Waals surface area (Å²) in [6.07, 6.45) is 2.21. The monoisotopic (exact) mass is 300 g/mol. The van der Waals surface area contributed by atoms with Gasteiger partial charge in [0.05, 0.1) is 0 Å². The largest absolute Gasteiger partial charge is 0.381 e. The Labute approximate surface area is 129 Å². The second-order valence-corrected chi connectivity index (χ2v) is 5.74. The van der Waals surface area contributed by atoms with Crippen LogP contribution in [-0.2, 0) is 6.54 Å². The first kappa shape index (κ1) is 14.0. The van der Waals surface area contributed by atoms with Gasteiger partial charge >= 0.3 is 0 Å². The van der Waals surface area contributed by atoms with Gasteiger partial charge in [0.1, 0.15) is 0 Å². The van der Waals surface area contributed by atoms with Gasteiger partial charge < -0.3 is 10.6 Å². The summed E-state index contributed by atoms with van der Waals surface area (Å²) in [7, 11) is 0. The van der Waals surface area contributed by atoms with E-state index in [1.807, 2.05) is 48.5 Å². The molecule has 2 N–H and O–H groups in total. The Kier molecular flexibility index (Phi) is 4.11. The molecule has 1 aliphatic rings. The van der Waals surface area contributed by atoms with Crippen LogP contribution in [0, 0.1) is 0 Å². The zero-order valence-electron chi connectivity index (χ0n) is 11.6. The summed E-state index contributed by atoms with van der Waals surface area (Å²) in [5.41, 5.74) is 2.86. The molecule has 1 saturated carbocycles. The van der Waals surface area contributed by atoms with Crippen LogP contribution in [0.5, 0.6) is 0 Å². The fraction of sp³-hybridized carbons (Fsp3) is 0.235. The van der Waals surface area contributed by atoms with Gasteiger partial charge in [0.2, 0.25) is 0 Å². The Morgan fingerprint density at radius 1 is 1.05 bits per heavy atom. The van der Waals surface area contributed by atoms with E-state index in [1.165, 1.54) is 0 Å². The molecule has 1 amide bonds. The topological polar surface area (TPSA) is 41.1 Å². The molecule has 0 radical (unpaired) electrons. The summed E-state index contributed by atoms with van der Waals surface area (Å²) in [6, 6.07) is 15.7. The summed E-state index contributed by atoms with van der Waals surface area (Å²) in [5.74, 6) is 0.0155. The number of carbonyl (C=O) groups excluding carboxylic acids is 1. The third-order valence-corrected chi connectivity index (χ3v) is 3.72. The van der Waals surface area contributed by atoms with E-state index in [0.29, 0.717) is 11.6 Å². The van der Waals surface area contributed by atoms with Crippen molar-refractivity contribution >= 4 is 23.2 Å². The van der Waals surface area contributed by atoms with Gasteiger partial charge in [-0.25, -0.2) is 0 Å². The molecule has 21 heavy (non-hydrogen) atoms. The number of halogens is 1. The molecule has 0 aliphatic heterocycles. The Balaban J connectivity index is 1.56. The Morgan fingerprint density at radius 2 is 1.71 bits per heavy atom. The van der Waals surface area contributed by atoms with E-state index in [-0.39, 0.29) is 5.91 Å². The van der Waals surface area contributed by atoms with Crippen molar-refractivity contribution in [2.24, 2.45) is 0 Å². The fourth-order valence-electron chi connectivity index (χ4n) is 2.04. The highest BCUT2D eigenvalue weighted by Crippen LogP contribution is 2.20. The van der Waals surface area contributed by atoms with Crippen LogP contribution >= 0.6 is 11.6 Å². The van der Waals surface area contributed by atoms with Crippen molar-refractivity contribution in [2.45, 2.75) is 25.4 Å². The van der Waals surface area contributed by atoms with E-state index >= 15 is 0 Å². The zero-order valence-corrected chi connectivity index (χ0v) is 12.4. The number of rotatable bonds is 5. The first-order chi connectivity index (χ1) is 10.2. The molecule has 108 valence electrons. The summed E-state index contributed by atoms with van der Waals surface area (Å²) in [4.78, 5) is 11.9. The van der Waals surface area contributed by atoms with Crippen LogP contribution in [0.1, 0.15) is 28.8 Å². The maximum Gasteiger partial charge on any atom is 0.251 e. The standard InChI is InChI=1S/C17H17ClN2O/c18-14-5-1-12(2-6-14)11-19-15-7-3-13(4-8-15)17(21)20-16-9-10-16/h1-8,16,19H,9-11H2,(H,20,21). The Morgan fingerprint density at radius 3 is 2.33 bits per heavy atom. The highest BCUT2D eigenvalue weighted by atomic mass is 35.5. The zero-order chi connectivity index (χ0) is 14.7. The summed E-state index contributed by atoms with van der Waals surface area (Å²) < 4.78 is 0. The van der Waals surface area contributed by atoms with Gasteiger partial charge in [-0.2, -0.15) is 0 Å². The van der Waals surface area contributed by atoms with Gasteiger partial charge in [-0.3, -0.25) is 4.79 Å². The maximum absolute atomic E-state index is 11.9. The van der Waals surface area contributed by atoms with Crippen molar-refractivity contribution in [1.82, 2.24) is 5.32 Å². The number of anilines is 1. The molecule has 3 rings (SSSR count). The number of amides is 1. The molecule has 3 nitrogen and oxygen atoms in total. The van der Waals surface area contributed by atoms with Gasteiger partial charge in [0, 0.05) is 28.9 Å². The lowest BCUT2D eigenvalue weighted by Crippen LogP contribution is -2.25. The first-order valence-corrected chi connectivity index (χ1v) is 7.48. The maximum atomic E-state index is 11.9.